The van der Waals surface area contributed by atoms with E-state index in [4.69, 9.17) is 18.6 Å². The summed E-state index contributed by atoms with van der Waals surface area (Å²) in [5.41, 5.74) is 2.10. The van der Waals surface area contributed by atoms with Crippen molar-refractivity contribution >= 4 is 16.9 Å². The number of amides is 1. The third-order valence-electron chi connectivity index (χ3n) is 5.02. The molecule has 0 atom stereocenters. The number of rotatable bonds is 8. The van der Waals surface area contributed by atoms with Crippen LogP contribution in [0.25, 0.3) is 22.1 Å². The van der Waals surface area contributed by atoms with Gasteiger partial charge in [-0.05, 0) is 41.5 Å². The van der Waals surface area contributed by atoms with Gasteiger partial charge in [-0.2, -0.15) is 0 Å². The number of ether oxygens (including phenoxy) is 3. The number of nitrogens with one attached hydrogen (secondary N) is 1. The maximum Gasteiger partial charge on any atom is 0.258 e. The minimum Gasteiger partial charge on any atom is -0.493 e. The highest BCUT2D eigenvalue weighted by molar-refractivity contribution is 5.83. The SMILES string of the molecule is COc1ccc(-c2coc3cc(OCC(=O)NCc4cccnc4)ccc3c2=O)cc1OC. The second-order valence-electron chi connectivity index (χ2n) is 7.13. The van der Waals surface area contributed by atoms with Gasteiger partial charge in [0.05, 0.1) is 25.2 Å². The van der Waals surface area contributed by atoms with Gasteiger partial charge >= 0.3 is 0 Å². The van der Waals surface area contributed by atoms with Gasteiger partial charge in [-0.25, -0.2) is 0 Å². The number of pyridine rings is 1. The Labute approximate surface area is 189 Å². The molecular weight excluding hydrogens is 424 g/mol. The molecule has 33 heavy (non-hydrogen) atoms. The van der Waals surface area contributed by atoms with Crippen LogP contribution in [0.2, 0.25) is 0 Å². The zero-order valence-electron chi connectivity index (χ0n) is 18.2. The van der Waals surface area contributed by atoms with Crippen molar-refractivity contribution in [3.63, 3.8) is 0 Å². The van der Waals surface area contributed by atoms with E-state index < -0.39 is 0 Å². The maximum absolute atomic E-state index is 13.0. The molecule has 0 unspecified atom stereocenters. The third-order valence-corrected chi connectivity index (χ3v) is 5.02. The number of hydrogen-bond donors (Lipinski definition) is 1. The van der Waals surface area contributed by atoms with Crippen LogP contribution in [-0.2, 0) is 11.3 Å². The van der Waals surface area contributed by atoms with Crippen molar-refractivity contribution in [3.05, 3.63) is 83.0 Å². The average Bonchev–Trinajstić information content (AvgIpc) is 2.86. The molecule has 2 heterocycles. The first-order valence-corrected chi connectivity index (χ1v) is 10.2. The monoisotopic (exact) mass is 446 g/mol. The predicted molar refractivity (Wildman–Crippen MR) is 123 cm³/mol. The molecule has 1 N–H and O–H groups in total. The summed E-state index contributed by atoms with van der Waals surface area (Å²) in [6.07, 6.45) is 4.75. The number of carbonyl (C=O) groups is 1. The van der Waals surface area contributed by atoms with Crippen molar-refractivity contribution < 1.29 is 23.4 Å². The summed E-state index contributed by atoms with van der Waals surface area (Å²) in [5.74, 6) is 1.22. The fourth-order valence-corrected chi connectivity index (χ4v) is 3.30. The highest BCUT2D eigenvalue weighted by atomic mass is 16.5. The summed E-state index contributed by atoms with van der Waals surface area (Å²) in [6.45, 7) is 0.196. The zero-order valence-corrected chi connectivity index (χ0v) is 18.2. The summed E-state index contributed by atoms with van der Waals surface area (Å²) in [6, 6.07) is 13.7. The zero-order chi connectivity index (χ0) is 23.2. The van der Waals surface area contributed by atoms with Crippen molar-refractivity contribution in [1.29, 1.82) is 0 Å². The Kier molecular flexibility index (Phi) is 6.54. The summed E-state index contributed by atoms with van der Waals surface area (Å²) >= 11 is 0. The van der Waals surface area contributed by atoms with Gasteiger partial charge in [0, 0.05) is 25.0 Å². The molecule has 0 saturated heterocycles. The van der Waals surface area contributed by atoms with Crippen molar-refractivity contribution in [2.75, 3.05) is 20.8 Å². The van der Waals surface area contributed by atoms with E-state index in [2.05, 4.69) is 10.3 Å². The first-order valence-electron chi connectivity index (χ1n) is 10.2. The van der Waals surface area contributed by atoms with Crippen LogP contribution >= 0.6 is 0 Å². The molecule has 0 radical (unpaired) electrons. The highest BCUT2D eigenvalue weighted by Gasteiger charge is 2.13. The molecule has 8 nitrogen and oxygen atoms in total. The van der Waals surface area contributed by atoms with E-state index in [0.29, 0.717) is 45.9 Å². The standard InChI is InChI=1S/C25H22N2O6/c1-30-21-8-5-17(10-23(21)31-2)20-14-33-22-11-18(6-7-19(22)25(20)29)32-15-24(28)27-13-16-4-3-9-26-12-16/h3-12,14H,13,15H2,1-2H3,(H,27,28). The molecule has 1 amide bonds. The van der Waals surface area contributed by atoms with Crippen LogP contribution in [0, 0.1) is 0 Å². The Balaban J connectivity index is 1.48. The normalized spacial score (nSPS) is 10.6. The van der Waals surface area contributed by atoms with E-state index in [-0.39, 0.29) is 17.9 Å². The number of fused-ring (bicyclic) bond motifs is 1. The fraction of sp³-hybridized carbons (Fsp3) is 0.160. The van der Waals surface area contributed by atoms with Crippen molar-refractivity contribution in [1.82, 2.24) is 10.3 Å². The molecule has 2 aromatic carbocycles. The van der Waals surface area contributed by atoms with Crippen molar-refractivity contribution in [2.24, 2.45) is 0 Å². The van der Waals surface area contributed by atoms with E-state index >= 15 is 0 Å². The summed E-state index contributed by atoms with van der Waals surface area (Å²) < 4.78 is 21.8. The van der Waals surface area contributed by atoms with Crippen LogP contribution in [0.4, 0.5) is 0 Å². The first kappa shape index (κ1) is 21.9. The van der Waals surface area contributed by atoms with Gasteiger partial charge < -0.3 is 23.9 Å². The van der Waals surface area contributed by atoms with Crippen LogP contribution < -0.4 is 25.0 Å². The Morgan fingerprint density at radius 2 is 1.91 bits per heavy atom. The van der Waals surface area contributed by atoms with Crippen molar-refractivity contribution in [2.45, 2.75) is 6.54 Å². The van der Waals surface area contributed by atoms with Gasteiger partial charge in [-0.1, -0.05) is 12.1 Å². The largest absolute Gasteiger partial charge is 0.493 e. The van der Waals surface area contributed by atoms with Crippen LogP contribution in [0.1, 0.15) is 5.56 Å². The lowest BCUT2D eigenvalue weighted by molar-refractivity contribution is -0.123. The van der Waals surface area contributed by atoms with Gasteiger partial charge in [0.2, 0.25) is 0 Å². The molecular formula is C25H22N2O6. The van der Waals surface area contributed by atoms with Crippen LogP contribution in [0.15, 0.2) is 76.4 Å². The maximum atomic E-state index is 13.0. The van der Waals surface area contributed by atoms with Crippen LogP contribution in [-0.4, -0.2) is 31.7 Å². The molecule has 0 spiro atoms. The number of nitrogens with zero attached hydrogens (tertiary/aromatic N) is 1. The Hall–Kier alpha value is -4.33. The second-order valence-corrected chi connectivity index (χ2v) is 7.13. The van der Waals surface area contributed by atoms with E-state index in [1.54, 1.807) is 62.0 Å². The van der Waals surface area contributed by atoms with Crippen molar-refractivity contribution in [3.8, 4) is 28.4 Å². The molecule has 0 fully saturated rings. The van der Waals surface area contributed by atoms with E-state index in [1.165, 1.54) is 13.4 Å². The molecule has 4 rings (SSSR count). The number of methoxy groups -OCH3 is 2. The predicted octanol–water partition coefficient (Wildman–Crippen LogP) is 3.57. The fourth-order valence-electron chi connectivity index (χ4n) is 3.30. The Morgan fingerprint density at radius 3 is 2.67 bits per heavy atom. The first-order chi connectivity index (χ1) is 16.1. The van der Waals surface area contributed by atoms with E-state index in [1.807, 2.05) is 6.07 Å². The van der Waals surface area contributed by atoms with Gasteiger partial charge in [-0.3, -0.25) is 14.6 Å². The third kappa shape index (κ3) is 4.95. The number of aromatic nitrogens is 1. The summed E-state index contributed by atoms with van der Waals surface area (Å²) in [4.78, 5) is 29.1. The van der Waals surface area contributed by atoms with Gasteiger partial charge in [-0.15, -0.1) is 0 Å². The molecule has 2 aromatic heterocycles. The lowest BCUT2D eigenvalue weighted by Crippen LogP contribution is -2.28. The molecule has 0 aliphatic heterocycles. The van der Waals surface area contributed by atoms with Gasteiger partial charge in [0.25, 0.3) is 5.91 Å². The molecule has 4 aromatic rings. The molecule has 0 bridgehead atoms. The van der Waals surface area contributed by atoms with Crippen LogP contribution in [0.5, 0.6) is 17.2 Å². The highest BCUT2D eigenvalue weighted by Crippen LogP contribution is 2.32. The van der Waals surface area contributed by atoms with Gasteiger partial charge in [0.1, 0.15) is 17.6 Å². The minimum absolute atomic E-state index is 0.167. The van der Waals surface area contributed by atoms with Gasteiger partial charge in [0.15, 0.2) is 23.5 Å². The summed E-state index contributed by atoms with van der Waals surface area (Å²) in [5, 5.41) is 3.16. The topological polar surface area (TPSA) is 99.9 Å². The Morgan fingerprint density at radius 1 is 1.06 bits per heavy atom. The molecule has 8 heteroatoms. The van der Waals surface area contributed by atoms with Crippen LogP contribution in [0.3, 0.4) is 0 Å². The van der Waals surface area contributed by atoms with E-state index in [0.717, 1.165) is 5.56 Å². The molecule has 0 aliphatic rings. The lowest BCUT2D eigenvalue weighted by atomic mass is 10.0. The molecule has 0 saturated carbocycles. The lowest BCUT2D eigenvalue weighted by Gasteiger charge is -2.10. The molecule has 0 aliphatic carbocycles. The smallest absolute Gasteiger partial charge is 0.258 e. The molecule has 168 valence electrons. The minimum atomic E-state index is -0.274. The Bertz CT molecular complexity index is 1330. The quantitative estimate of drug-likeness (QED) is 0.442. The van der Waals surface area contributed by atoms with E-state index in [9.17, 15) is 9.59 Å². The number of carbonyl (C=O) groups excluding carboxylic acids is 1. The second kappa shape index (κ2) is 9.86. The number of hydrogen-bond acceptors (Lipinski definition) is 7. The average molecular weight is 446 g/mol. The summed E-state index contributed by atoms with van der Waals surface area (Å²) in [7, 11) is 3.08. The number of benzene rings is 2.